The number of nitrogens with one attached hydrogen (secondary N) is 1. The molecule has 0 unspecified atom stereocenters. The van der Waals surface area contributed by atoms with E-state index in [0.29, 0.717) is 48.3 Å². The van der Waals surface area contributed by atoms with E-state index in [1.807, 2.05) is 43.9 Å². The van der Waals surface area contributed by atoms with E-state index < -0.39 is 10.0 Å². The molecule has 0 spiro atoms. The molecular formula is C27H30ClN3O4S. The number of benzene rings is 3. The van der Waals surface area contributed by atoms with Crippen molar-refractivity contribution in [2.24, 2.45) is 0 Å². The van der Waals surface area contributed by atoms with E-state index in [4.69, 9.17) is 16.3 Å². The van der Waals surface area contributed by atoms with E-state index >= 15 is 0 Å². The molecule has 1 saturated heterocycles. The van der Waals surface area contributed by atoms with Crippen LogP contribution in [0.1, 0.15) is 16.7 Å². The first-order valence-electron chi connectivity index (χ1n) is 11.8. The molecule has 7 nitrogen and oxygen atoms in total. The van der Waals surface area contributed by atoms with Crippen molar-refractivity contribution >= 4 is 38.9 Å². The van der Waals surface area contributed by atoms with Crippen LogP contribution in [0.3, 0.4) is 0 Å². The van der Waals surface area contributed by atoms with E-state index in [2.05, 4.69) is 5.32 Å². The van der Waals surface area contributed by atoms with Gasteiger partial charge in [0, 0.05) is 26.2 Å². The molecule has 0 bridgehead atoms. The molecule has 1 aliphatic heterocycles. The first-order valence-corrected chi connectivity index (χ1v) is 13.6. The van der Waals surface area contributed by atoms with Gasteiger partial charge in [0.15, 0.2) is 6.61 Å². The molecule has 1 N–H and O–H groups in total. The lowest BCUT2D eigenvalue weighted by atomic mass is 10.1. The Labute approximate surface area is 217 Å². The second-order valence-corrected chi connectivity index (χ2v) is 11.3. The Kier molecular flexibility index (Phi) is 7.88. The van der Waals surface area contributed by atoms with Crippen molar-refractivity contribution in [3.05, 3.63) is 82.4 Å². The number of rotatable bonds is 7. The molecule has 0 aliphatic carbocycles. The van der Waals surface area contributed by atoms with Crippen molar-refractivity contribution in [1.29, 1.82) is 0 Å². The largest absolute Gasteiger partial charge is 0.483 e. The number of ether oxygens (including phenoxy) is 1. The highest BCUT2D eigenvalue weighted by Crippen LogP contribution is 2.35. The van der Waals surface area contributed by atoms with Crippen molar-refractivity contribution in [3.63, 3.8) is 0 Å². The molecule has 36 heavy (non-hydrogen) atoms. The minimum absolute atomic E-state index is 0.140. The standard InChI is InChI=1S/C27H30ClN3O4S/c1-19-7-10-22(11-8-19)36(33,34)31-15-13-30(14-16-31)27-23(28)5-4-6-24(27)29-26(32)18-35-25-12-9-20(2)17-21(25)3/h4-12,17H,13-16,18H2,1-3H3,(H,29,32). The van der Waals surface area contributed by atoms with Crippen molar-refractivity contribution in [2.45, 2.75) is 25.7 Å². The predicted octanol–water partition coefficient (Wildman–Crippen LogP) is 4.79. The van der Waals surface area contributed by atoms with Gasteiger partial charge in [0.1, 0.15) is 5.75 Å². The molecule has 3 aromatic carbocycles. The average Bonchev–Trinajstić information content (AvgIpc) is 2.84. The monoisotopic (exact) mass is 527 g/mol. The van der Waals surface area contributed by atoms with E-state index in [1.165, 1.54) is 4.31 Å². The van der Waals surface area contributed by atoms with Crippen molar-refractivity contribution in [2.75, 3.05) is 43.0 Å². The van der Waals surface area contributed by atoms with Gasteiger partial charge in [0.2, 0.25) is 10.0 Å². The lowest BCUT2D eigenvalue weighted by molar-refractivity contribution is -0.118. The van der Waals surface area contributed by atoms with Gasteiger partial charge in [0.05, 0.1) is 21.3 Å². The molecule has 9 heteroatoms. The smallest absolute Gasteiger partial charge is 0.262 e. The molecule has 0 radical (unpaired) electrons. The fraction of sp³-hybridized carbons (Fsp3) is 0.296. The number of piperazine rings is 1. The third kappa shape index (κ3) is 5.83. The number of halogens is 1. The highest BCUT2D eigenvalue weighted by atomic mass is 35.5. The summed E-state index contributed by atoms with van der Waals surface area (Å²) < 4.78 is 33.3. The Morgan fingerprint density at radius 3 is 2.28 bits per heavy atom. The van der Waals surface area contributed by atoms with E-state index in [1.54, 1.807) is 42.5 Å². The number of anilines is 2. The molecule has 1 heterocycles. The first-order chi connectivity index (χ1) is 17.1. The number of amides is 1. The number of aryl methyl sites for hydroxylation is 3. The number of hydrogen-bond donors (Lipinski definition) is 1. The summed E-state index contributed by atoms with van der Waals surface area (Å²) in [4.78, 5) is 15.0. The molecule has 1 fully saturated rings. The molecule has 0 saturated carbocycles. The fourth-order valence-corrected chi connectivity index (χ4v) is 5.96. The van der Waals surface area contributed by atoms with Crippen LogP contribution >= 0.6 is 11.6 Å². The summed E-state index contributed by atoms with van der Waals surface area (Å²) in [7, 11) is -3.58. The van der Waals surface area contributed by atoms with Gasteiger partial charge in [-0.15, -0.1) is 0 Å². The lowest BCUT2D eigenvalue weighted by Crippen LogP contribution is -2.49. The first kappa shape index (κ1) is 26.0. The molecule has 4 rings (SSSR count). The van der Waals surface area contributed by atoms with E-state index in [9.17, 15) is 13.2 Å². The summed E-state index contributed by atoms with van der Waals surface area (Å²) >= 11 is 6.54. The Hall–Kier alpha value is -3.07. The molecule has 0 aromatic heterocycles. The second-order valence-electron chi connectivity index (χ2n) is 8.95. The van der Waals surface area contributed by atoms with Crippen LogP contribution < -0.4 is 15.0 Å². The zero-order valence-electron chi connectivity index (χ0n) is 20.6. The number of para-hydroxylation sites is 1. The molecule has 190 valence electrons. The SMILES string of the molecule is Cc1ccc(S(=O)(=O)N2CCN(c3c(Cl)cccc3NC(=O)COc3ccc(C)cc3C)CC2)cc1. The highest BCUT2D eigenvalue weighted by Gasteiger charge is 2.30. The minimum atomic E-state index is -3.58. The number of hydrogen-bond acceptors (Lipinski definition) is 5. The molecule has 0 atom stereocenters. The van der Waals surface area contributed by atoms with E-state index in [0.717, 1.165) is 16.7 Å². The molecule has 1 aliphatic rings. The third-order valence-corrected chi connectivity index (χ3v) is 8.38. The summed E-state index contributed by atoms with van der Waals surface area (Å²) in [6.07, 6.45) is 0. The molecule has 3 aromatic rings. The Morgan fingerprint density at radius 1 is 0.944 bits per heavy atom. The predicted molar refractivity (Wildman–Crippen MR) is 144 cm³/mol. The summed E-state index contributed by atoms with van der Waals surface area (Å²) in [6, 6.07) is 18.0. The average molecular weight is 528 g/mol. The quantitative estimate of drug-likeness (QED) is 0.478. The maximum Gasteiger partial charge on any atom is 0.262 e. The van der Waals surface area contributed by atoms with Crippen molar-refractivity contribution < 1.29 is 17.9 Å². The lowest BCUT2D eigenvalue weighted by Gasteiger charge is -2.36. The summed E-state index contributed by atoms with van der Waals surface area (Å²) in [5.74, 6) is 0.354. The van der Waals surface area contributed by atoms with Crippen LogP contribution in [-0.4, -0.2) is 51.4 Å². The number of carbonyl (C=O) groups is 1. The van der Waals surface area contributed by atoms with Gasteiger partial charge in [-0.2, -0.15) is 4.31 Å². The van der Waals surface area contributed by atoms with Crippen molar-refractivity contribution in [1.82, 2.24) is 4.31 Å². The topological polar surface area (TPSA) is 79.0 Å². The van der Waals surface area contributed by atoms with Gasteiger partial charge in [-0.1, -0.05) is 53.1 Å². The fourth-order valence-electron chi connectivity index (χ4n) is 4.24. The number of carbonyl (C=O) groups excluding carboxylic acids is 1. The second kappa shape index (κ2) is 10.9. The zero-order chi connectivity index (χ0) is 25.9. The van der Waals surface area contributed by atoms with Gasteiger partial charge in [-0.25, -0.2) is 8.42 Å². The maximum absolute atomic E-state index is 13.1. The normalized spacial score (nSPS) is 14.5. The van der Waals surface area contributed by atoms with Gasteiger partial charge in [-0.3, -0.25) is 4.79 Å². The Bertz CT molecular complexity index is 1350. The molecular weight excluding hydrogens is 498 g/mol. The van der Waals surface area contributed by atoms with Crippen molar-refractivity contribution in [3.8, 4) is 5.75 Å². The van der Waals surface area contributed by atoms with Crippen LogP contribution in [0.4, 0.5) is 11.4 Å². The van der Waals surface area contributed by atoms with Gasteiger partial charge >= 0.3 is 0 Å². The van der Waals surface area contributed by atoms with Crippen LogP contribution in [0.2, 0.25) is 5.02 Å². The number of sulfonamides is 1. The minimum Gasteiger partial charge on any atom is -0.483 e. The van der Waals surface area contributed by atoms with Crippen LogP contribution in [0.25, 0.3) is 0 Å². The van der Waals surface area contributed by atoms with Crippen LogP contribution in [-0.2, 0) is 14.8 Å². The van der Waals surface area contributed by atoms with Gasteiger partial charge in [0.25, 0.3) is 5.91 Å². The Morgan fingerprint density at radius 2 is 1.61 bits per heavy atom. The Balaban J connectivity index is 1.43. The summed E-state index contributed by atoms with van der Waals surface area (Å²) in [6.45, 7) is 7.22. The van der Waals surface area contributed by atoms with Gasteiger partial charge < -0.3 is 15.0 Å². The van der Waals surface area contributed by atoms with Gasteiger partial charge in [-0.05, 0) is 56.7 Å². The third-order valence-electron chi connectivity index (χ3n) is 6.16. The summed E-state index contributed by atoms with van der Waals surface area (Å²) in [5, 5.41) is 3.38. The summed E-state index contributed by atoms with van der Waals surface area (Å²) in [5.41, 5.74) is 4.33. The van der Waals surface area contributed by atoms with Crippen LogP contribution in [0.15, 0.2) is 65.6 Å². The maximum atomic E-state index is 13.1. The molecule has 1 amide bonds. The number of nitrogens with zero attached hydrogens (tertiary/aromatic N) is 2. The van der Waals surface area contributed by atoms with Crippen LogP contribution in [0, 0.1) is 20.8 Å². The van der Waals surface area contributed by atoms with Crippen LogP contribution in [0.5, 0.6) is 5.75 Å². The zero-order valence-corrected chi connectivity index (χ0v) is 22.2. The van der Waals surface area contributed by atoms with E-state index in [-0.39, 0.29) is 17.4 Å². The highest BCUT2D eigenvalue weighted by molar-refractivity contribution is 7.89.